The number of fused-ring (bicyclic) bond motifs is 1. The van der Waals surface area contributed by atoms with E-state index in [9.17, 15) is 14.7 Å². The van der Waals surface area contributed by atoms with E-state index in [-0.39, 0.29) is 13.2 Å². The lowest BCUT2D eigenvalue weighted by atomic mass is 9.90. The van der Waals surface area contributed by atoms with E-state index in [4.69, 9.17) is 4.74 Å². The molecule has 3 aromatic carbocycles. The number of para-hydroxylation sites is 1. The van der Waals surface area contributed by atoms with Gasteiger partial charge in [0.15, 0.2) is 0 Å². The van der Waals surface area contributed by atoms with Crippen molar-refractivity contribution in [2.45, 2.75) is 25.5 Å². The molecular formula is C24H24N2O4. The molecule has 0 radical (unpaired) electrons. The number of nitrogens with one attached hydrogen (secondary N) is 1. The number of amides is 3. The number of carbonyl (C=O) groups excluding carboxylic acids is 2. The summed E-state index contributed by atoms with van der Waals surface area (Å²) in [5.41, 5.74) is 0.466. The topological polar surface area (TPSA) is 78.9 Å². The average molecular weight is 404 g/mol. The SMILES string of the molecule is Cc1ccccc1OC[C@@H](O)CN1C(=O)N[C@](C)(c2ccc3ccccc3c2)C1=O. The second kappa shape index (κ2) is 7.80. The first kappa shape index (κ1) is 19.9. The predicted octanol–water partition coefficient (Wildman–Crippen LogP) is 3.36. The van der Waals surface area contributed by atoms with Crippen LogP contribution in [0.3, 0.4) is 0 Å². The molecule has 3 amide bonds. The number of carbonyl (C=O) groups is 2. The average Bonchev–Trinajstić information content (AvgIpc) is 2.96. The van der Waals surface area contributed by atoms with Gasteiger partial charge >= 0.3 is 6.03 Å². The molecule has 3 aromatic rings. The number of benzene rings is 3. The number of hydrogen-bond acceptors (Lipinski definition) is 4. The number of imide groups is 1. The fourth-order valence-corrected chi connectivity index (χ4v) is 3.73. The number of urea groups is 1. The number of nitrogens with zero attached hydrogens (tertiary/aromatic N) is 1. The van der Waals surface area contributed by atoms with E-state index in [2.05, 4.69) is 5.32 Å². The van der Waals surface area contributed by atoms with Gasteiger partial charge in [0.25, 0.3) is 5.91 Å². The van der Waals surface area contributed by atoms with Crippen molar-refractivity contribution < 1.29 is 19.4 Å². The van der Waals surface area contributed by atoms with E-state index in [0.29, 0.717) is 11.3 Å². The van der Waals surface area contributed by atoms with Crippen molar-refractivity contribution >= 4 is 22.7 Å². The molecule has 0 unspecified atom stereocenters. The number of hydrogen-bond donors (Lipinski definition) is 2. The van der Waals surface area contributed by atoms with Gasteiger partial charge in [0.1, 0.15) is 24.0 Å². The summed E-state index contributed by atoms with van der Waals surface area (Å²) < 4.78 is 5.64. The quantitative estimate of drug-likeness (QED) is 0.618. The van der Waals surface area contributed by atoms with Crippen LogP contribution in [-0.2, 0) is 10.3 Å². The van der Waals surface area contributed by atoms with Crippen LogP contribution in [0.2, 0.25) is 0 Å². The fourth-order valence-electron chi connectivity index (χ4n) is 3.73. The van der Waals surface area contributed by atoms with Crippen molar-refractivity contribution in [3.63, 3.8) is 0 Å². The van der Waals surface area contributed by atoms with Gasteiger partial charge in [-0.05, 0) is 47.9 Å². The van der Waals surface area contributed by atoms with Gasteiger partial charge in [-0.25, -0.2) is 4.79 Å². The van der Waals surface area contributed by atoms with Crippen molar-refractivity contribution in [1.29, 1.82) is 0 Å². The number of ether oxygens (including phenoxy) is 1. The molecule has 1 aliphatic heterocycles. The zero-order chi connectivity index (χ0) is 21.3. The van der Waals surface area contributed by atoms with Crippen molar-refractivity contribution in [1.82, 2.24) is 10.2 Å². The molecule has 0 spiro atoms. The van der Waals surface area contributed by atoms with Crippen LogP contribution < -0.4 is 10.1 Å². The zero-order valence-corrected chi connectivity index (χ0v) is 17.0. The summed E-state index contributed by atoms with van der Waals surface area (Å²) in [6.45, 7) is 3.44. The van der Waals surface area contributed by atoms with Crippen LogP contribution in [0.25, 0.3) is 10.8 Å². The molecule has 0 aliphatic carbocycles. The smallest absolute Gasteiger partial charge is 0.325 e. The van der Waals surface area contributed by atoms with Gasteiger partial charge in [-0.3, -0.25) is 9.69 Å². The Morgan fingerprint density at radius 3 is 2.50 bits per heavy atom. The Morgan fingerprint density at radius 1 is 1.03 bits per heavy atom. The van der Waals surface area contributed by atoms with Gasteiger partial charge in [-0.1, -0.05) is 54.6 Å². The molecule has 0 saturated carbocycles. The minimum Gasteiger partial charge on any atom is -0.491 e. The van der Waals surface area contributed by atoms with Crippen molar-refractivity contribution in [2.75, 3.05) is 13.2 Å². The van der Waals surface area contributed by atoms with E-state index in [1.165, 1.54) is 0 Å². The van der Waals surface area contributed by atoms with Crippen LogP contribution in [0.5, 0.6) is 5.75 Å². The van der Waals surface area contributed by atoms with Crippen LogP contribution in [-0.4, -0.2) is 41.2 Å². The highest BCUT2D eigenvalue weighted by Gasteiger charge is 2.49. The van der Waals surface area contributed by atoms with Crippen molar-refractivity contribution in [2.24, 2.45) is 0 Å². The summed E-state index contributed by atoms with van der Waals surface area (Å²) in [5.74, 6) is 0.271. The number of aliphatic hydroxyl groups is 1. The molecule has 0 aromatic heterocycles. The summed E-state index contributed by atoms with van der Waals surface area (Å²) in [5, 5.41) is 15.2. The molecule has 1 aliphatic rings. The molecule has 1 saturated heterocycles. The normalized spacial score (nSPS) is 19.8. The van der Waals surface area contributed by atoms with Crippen molar-refractivity contribution in [3.8, 4) is 5.75 Å². The first-order chi connectivity index (χ1) is 14.4. The second-order valence-corrected chi connectivity index (χ2v) is 7.76. The maximum Gasteiger partial charge on any atom is 0.325 e. The molecule has 2 N–H and O–H groups in total. The second-order valence-electron chi connectivity index (χ2n) is 7.76. The van der Waals surface area contributed by atoms with Gasteiger partial charge in [0.05, 0.1) is 6.54 Å². The van der Waals surface area contributed by atoms with E-state index in [1.807, 2.05) is 73.7 Å². The molecule has 0 bridgehead atoms. The summed E-state index contributed by atoms with van der Waals surface area (Å²) in [4.78, 5) is 26.7. The minimum atomic E-state index is -1.18. The standard InChI is InChI=1S/C24H24N2O4/c1-16-7-3-6-10-21(16)30-15-20(27)14-26-22(28)24(2,25-23(26)29)19-12-11-17-8-4-5-9-18(17)13-19/h3-13,20,27H,14-15H2,1-2H3,(H,25,29)/t20-,24+/m0/s1. The molecular weight excluding hydrogens is 380 g/mol. The summed E-state index contributed by atoms with van der Waals surface area (Å²) in [6, 6.07) is 20.5. The van der Waals surface area contributed by atoms with Gasteiger partial charge < -0.3 is 15.2 Å². The number of rotatable bonds is 6. The van der Waals surface area contributed by atoms with Crippen LogP contribution in [0.15, 0.2) is 66.7 Å². The van der Waals surface area contributed by atoms with Crippen LogP contribution in [0.4, 0.5) is 4.79 Å². The Morgan fingerprint density at radius 2 is 1.73 bits per heavy atom. The molecule has 4 rings (SSSR count). The lowest BCUT2D eigenvalue weighted by Crippen LogP contribution is -2.42. The Bertz CT molecular complexity index is 1110. The molecule has 6 nitrogen and oxygen atoms in total. The molecule has 30 heavy (non-hydrogen) atoms. The highest BCUT2D eigenvalue weighted by Crippen LogP contribution is 2.31. The molecule has 2 atom stereocenters. The summed E-state index contributed by atoms with van der Waals surface area (Å²) in [7, 11) is 0. The monoisotopic (exact) mass is 404 g/mol. The van der Waals surface area contributed by atoms with Crippen LogP contribution >= 0.6 is 0 Å². The third kappa shape index (κ3) is 3.62. The molecule has 1 heterocycles. The molecule has 1 fully saturated rings. The number of aliphatic hydroxyl groups excluding tert-OH is 1. The molecule has 6 heteroatoms. The van der Waals surface area contributed by atoms with Gasteiger partial charge in [0.2, 0.25) is 0 Å². The Labute approximate surface area is 175 Å². The maximum atomic E-state index is 13.1. The maximum absolute atomic E-state index is 13.1. The van der Waals surface area contributed by atoms with Gasteiger partial charge in [-0.2, -0.15) is 0 Å². The largest absolute Gasteiger partial charge is 0.491 e. The third-order valence-electron chi connectivity index (χ3n) is 5.52. The Kier molecular flexibility index (Phi) is 5.18. The highest BCUT2D eigenvalue weighted by atomic mass is 16.5. The molecule has 154 valence electrons. The van der Waals surface area contributed by atoms with Crippen LogP contribution in [0, 0.1) is 6.92 Å². The van der Waals surface area contributed by atoms with E-state index < -0.39 is 23.6 Å². The Balaban J connectivity index is 1.48. The predicted molar refractivity (Wildman–Crippen MR) is 114 cm³/mol. The lowest BCUT2D eigenvalue weighted by Gasteiger charge is -2.23. The lowest BCUT2D eigenvalue weighted by molar-refractivity contribution is -0.132. The third-order valence-corrected chi connectivity index (χ3v) is 5.52. The fraction of sp³-hybridized carbons (Fsp3) is 0.250. The minimum absolute atomic E-state index is 0.0192. The number of β-amino-alcohol motifs (C(OH)–C–C–N with tert-alkyl or cyclic N) is 1. The number of aryl methyl sites for hydroxylation is 1. The van der Waals surface area contributed by atoms with Gasteiger partial charge in [0, 0.05) is 0 Å². The summed E-state index contributed by atoms with van der Waals surface area (Å²) >= 11 is 0. The first-order valence-corrected chi connectivity index (χ1v) is 9.88. The van der Waals surface area contributed by atoms with Crippen LogP contribution in [0.1, 0.15) is 18.1 Å². The van der Waals surface area contributed by atoms with Crippen molar-refractivity contribution in [3.05, 3.63) is 77.9 Å². The highest BCUT2D eigenvalue weighted by molar-refractivity contribution is 6.07. The Hall–Kier alpha value is -3.38. The first-order valence-electron chi connectivity index (χ1n) is 9.88. The van der Waals surface area contributed by atoms with E-state index >= 15 is 0 Å². The zero-order valence-electron chi connectivity index (χ0n) is 17.0. The van der Waals surface area contributed by atoms with E-state index in [1.54, 1.807) is 6.92 Å². The van der Waals surface area contributed by atoms with E-state index in [0.717, 1.165) is 21.2 Å². The van der Waals surface area contributed by atoms with Gasteiger partial charge in [-0.15, -0.1) is 0 Å². The summed E-state index contributed by atoms with van der Waals surface area (Å²) in [6.07, 6.45) is -1.00.